The van der Waals surface area contributed by atoms with Crippen LogP contribution in [0.4, 0.5) is 0 Å². The molecule has 130 valence electrons. The second-order valence-electron chi connectivity index (χ2n) is 6.58. The van der Waals surface area contributed by atoms with E-state index >= 15 is 0 Å². The number of carbonyl (C=O) groups excluding carboxylic acids is 1. The van der Waals surface area contributed by atoms with Gasteiger partial charge in [-0.15, -0.1) is 0 Å². The number of hydrogen-bond donors (Lipinski definition) is 0. The quantitative estimate of drug-likeness (QED) is 0.574. The first-order valence-corrected chi connectivity index (χ1v) is 8.74. The summed E-state index contributed by atoms with van der Waals surface area (Å²) >= 11 is 0. The molecular formula is C22H24O3. The van der Waals surface area contributed by atoms with Crippen LogP contribution in [-0.4, -0.2) is 18.5 Å². The predicted molar refractivity (Wildman–Crippen MR) is 101 cm³/mol. The summed E-state index contributed by atoms with van der Waals surface area (Å²) in [5.74, 6) is 1.67. The fraction of sp³-hybridized carbons (Fsp3) is 0.318. The lowest BCUT2D eigenvalue weighted by molar-refractivity contribution is 0.104. The van der Waals surface area contributed by atoms with E-state index in [0.29, 0.717) is 6.61 Å². The second kappa shape index (κ2) is 7.14. The molecule has 25 heavy (non-hydrogen) atoms. The fourth-order valence-electron chi connectivity index (χ4n) is 3.21. The van der Waals surface area contributed by atoms with Gasteiger partial charge in [0.2, 0.25) is 0 Å². The summed E-state index contributed by atoms with van der Waals surface area (Å²) in [6.45, 7) is 8.59. The third kappa shape index (κ3) is 3.76. The molecule has 3 nitrogen and oxygen atoms in total. The van der Waals surface area contributed by atoms with E-state index in [9.17, 15) is 4.79 Å². The zero-order chi connectivity index (χ0) is 18.0. The van der Waals surface area contributed by atoms with Gasteiger partial charge >= 0.3 is 0 Å². The van der Waals surface area contributed by atoms with Crippen LogP contribution in [0.5, 0.6) is 11.5 Å². The Balaban J connectivity index is 1.90. The smallest absolute Gasteiger partial charge is 0.186 e. The summed E-state index contributed by atoms with van der Waals surface area (Å²) < 4.78 is 11.6. The molecule has 1 unspecified atom stereocenters. The van der Waals surface area contributed by atoms with E-state index in [-0.39, 0.29) is 11.9 Å². The largest absolute Gasteiger partial charge is 0.493 e. The molecule has 0 N–H and O–H groups in total. The standard InChI is InChI=1S/C22H24O3/c1-5-24-21-13-18-11-16(4)25-22(18)12-17(21)7-9-20(23)19-8-6-14(2)10-15(19)3/h6-10,12-13,16H,5,11H2,1-4H3/b9-7+. The second-order valence-corrected chi connectivity index (χ2v) is 6.58. The van der Waals surface area contributed by atoms with Gasteiger partial charge in [-0.25, -0.2) is 0 Å². The Morgan fingerprint density at radius 2 is 2.08 bits per heavy atom. The molecule has 0 saturated heterocycles. The van der Waals surface area contributed by atoms with Crippen LogP contribution in [0.2, 0.25) is 0 Å². The van der Waals surface area contributed by atoms with Crippen molar-refractivity contribution in [2.24, 2.45) is 0 Å². The highest BCUT2D eigenvalue weighted by Crippen LogP contribution is 2.35. The molecule has 3 heteroatoms. The number of carbonyl (C=O) groups is 1. The van der Waals surface area contributed by atoms with Gasteiger partial charge in [0, 0.05) is 23.1 Å². The highest BCUT2D eigenvalue weighted by Gasteiger charge is 2.21. The van der Waals surface area contributed by atoms with Gasteiger partial charge in [-0.05, 0) is 57.5 Å². The van der Waals surface area contributed by atoms with Crippen molar-refractivity contribution in [3.63, 3.8) is 0 Å². The average Bonchev–Trinajstić information content (AvgIpc) is 2.91. The number of aryl methyl sites for hydroxylation is 2. The van der Waals surface area contributed by atoms with Gasteiger partial charge in [0.05, 0.1) is 6.61 Å². The van der Waals surface area contributed by atoms with Crippen molar-refractivity contribution < 1.29 is 14.3 Å². The highest BCUT2D eigenvalue weighted by molar-refractivity contribution is 6.08. The lowest BCUT2D eigenvalue weighted by Crippen LogP contribution is -2.05. The Morgan fingerprint density at radius 3 is 2.80 bits per heavy atom. The third-order valence-corrected chi connectivity index (χ3v) is 4.39. The van der Waals surface area contributed by atoms with Gasteiger partial charge in [0.25, 0.3) is 0 Å². The van der Waals surface area contributed by atoms with Gasteiger partial charge in [-0.2, -0.15) is 0 Å². The maximum Gasteiger partial charge on any atom is 0.186 e. The van der Waals surface area contributed by atoms with Crippen molar-refractivity contribution in [2.75, 3.05) is 6.61 Å². The number of ketones is 1. The van der Waals surface area contributed by atoms with E-state index in [2.05, 4.69) is 6.92 Å². The third-order valence-electron chi connectivity index (χ3n) is 4.39. The zero-order valence-corrected chi connectivity index (χ0v) is 15.3. The topological polar surface area (TPSA) is 35.5 Å². The molecule has 0 saturated carbocycles. The Morgan fingerprint density at radius 1 is 1.28 bits per heavy atom. The predicted octanol–water partition coefficient (Wildman–Crippen LogP) is 4.92. The average molecular weight is 336 g/mol. The molecule has 1 atom stereocenters. The minimum absolute atomic E-state index is 0.00488. The monoisotopic (exact) mass is 336 g/mol. The number of hydrogen-bond acceptors (Lipinski definition) is 3. The maximum absolute atomic E-state index is 12.5. The number of rotatable bonds is 5. The van der Waals surface area contributed by atoms with E-state index in [1.165, 1.54) is 0 Å². The Labute approximate surface area is 149 Å². The fourth-order valence-corrected chi connectivity index (χ4v) is 3.21. The lowest BCUT2D eigenvalue weighted by atomic mass is 10.0. The molecule has 0 fully saturated rings. The number of ether oxygens (including phenoxy) is 2. The molecule has 0 aromatic heterocycles. The molecule has 1 aliphatic rings. The van der Waals surface area contributed by atoms with Crippen LogP contribution >= 0.6 is 0 Å². The van der Waals surface area contributed by atoms with Gasteiger partial charge < -0.3 is 9.47 Å². The summed E-state index contributed by atoms with van der Waals surface area (Å²) in [7, 11) is 0. The van der Waals surface area contributed by atoms with E-state index in [4.69, 9.17) is 9.47 Å². The highest BCUT2D eigenvalue weighted by atomic mass is 16.5. The molecule has 2 aromatic rings. The summed E-state index contributed by atoms with van der Waals surface area (Å²) in [4.78, 5) is 12.5. The molecule has 0 bridgehead atoms. The van der Waals surface area contributed by atoms with Crippen molar-refractivity contribution in [3.8, 4) is 11.5 Å². The molecule has 0 amide bonds. The molecule has 3 rings (SSSR count). The number of benzene rings is 2. The summed E-state index contributed by atoms with van der Waals surface area (Å²) in [5, 5.41) is 0. The summed E-state index contributed by atoms with van der Waals surface area (Å²) in [6.07, 6.45) is 4.50. The van der Waals surface area contributed by atoms with E-state index in [0.717, 1.165) is 45.7 Å². The molecule has 1 heterocycles. The molecule has 0 aliphatic carbocycles. The van der Waals surface area contributed by atoms with Gasteiger partial charge in [0.1, 0.15) is 17.6 Å². The van der Waals surface area contributed by atoms with Crippen LogP contribution in [0.15, 0.2) is 36.4 Å². The van der Waals surface area contributed by atoms with Crippen molar-refractivity contribution in [1.82, 2.24) is 0 Å². The normalized spacial score (nSPS) is 15.9. The van der Waals surface area contributed by atoms with Crippen molar-refractivity contribution in [3.05, 3.63) is 64.2 Å². The van der Waals surface area contributed by atoms with Crippen molar-refractivity contribution in [2.45, 2.75) is 40.2 Å². The maximum atomic E-state index is 12.5. The van der Waals surface area contributed by atoms with Gasteiger partial charge in [0.15, 0.2) is 5.78 Å². The Hall–Kier alpha value is -2.55. The van der Waals surface area contributed by atoms with Crippen LogP contribution < -0.4 is 9.47 Å². The van der Waals surface area contributed by atoms with E-state index < -0.39 is 0 Å². The van der Waals surface area contributed by atoms with E-state index in [1.807, 2.05) is 57.2 Å². The molecular weight excluding hydrogens is 312 g/mol. The van der Waals surface area contributed by atoms with Crippen LogP contribution in [-0.2, 0) is 6.42 Å². The van der Waals surface area contributed by atoms with Gasteiger partial charge in [-0.1, -0.05) is 23.8 Å². The zero-order valence-electron chi connectivity index (χ0n) is 15.3. The van der Waals surface area contributed by atoms with Crippen molar-refractivity contribution >= 4 is 11.9 Å². The molecule has 0 spiro atoms. The minimum atomic E-state index is -0.00488. The molecule has 0 radical (unpaired) electrons. The summed E-state index contributed by atoms with van der Waals surface area (Å²) in [5.41, 5.74) is 4.90. The Kier molecular flexibility index (Phi) is 4.93. The summed E-state index contributed by atoms with van der Waals surface area (Å²) in [6, 6.07) is 9.87. The van der Waals surface area contributed by atoms with Crippen LogP contribution in [0.25, 0.3) is 6.08 Å². The molecule has 2 aromatic carbocycles. The first kappa shape index (κ1) is 17.3. The number of allylic oxidation sites excluding steroid dienone is 1. The van der Waals surface area contributed by atoms with Crippen LogP contribution in [0.1, 0.15) is 46.5 Å². The van der Waals surface area contributed by atoms with Crippen molar-refractivity contribution in [1.29, 1.82) is 0 Å². The van der Waals surface area contributed by atoms with Crippen LogP contribution in [0, 0.1) is 13.8 Å². The SMILES string of the molecule is CCOc1cc2c(cc1/C=C/C(=O)c1ccc(C)cc1C)OC(C)C2. The first-order valence-electron chi connectivity index (χ1n) is 8.74. The Bertz CT molecular complexity index is 833. The molecule has 1 aliphatic heterocycles. The first-order chi connectivity index (χ1) is 12.0. The van der Waals surface area contributed by atoms with Crippen LogP contribution in [0.3, 0.4) is 0 Å². The van der Waals surface area contributed by atoms with Gasteiger partial charge in [-0.3, -0.25) is 4.79 Å². The lowest BCUT2D eigenvalue weighted by Gasteiger charge is -2.10. The minimum Gasteiger partial charge on any atom is -0.493 e. The number of fused-ring (bicyclic) bond motifs is 1. The van der Waals surface area contributed by atoms with E-state index in [1.54, 1.807) is 6.08 Å².